The van der Waals surface area contributed by atoms with Gasteiger partial charge in [0.2, 0.25) is 5.91 Å². The Morgan fingerprint density at radius 3 is 2.75 bits per heavy atom. The molecule has 0 aliphatic carbocycles. The molecule has 3 nitrogen and oxygen atoms in total. The first-order chi connectivity index (χ1) is 9.46. The summed E-state index contributed by atoms with van der Waals surface area (Å²) in [6, 6.07) is 7.74. The Balaban J connectivity index is 1.66. The monoisotopic (exact) mass is 313 g/mol. The average molecular weight is 314 g/mol. The molecule has 2 rings (SSSR count). The molecule has 1 unspecified atom stereocenters. The third kappa shape index (κ3) is 4.69. The van der Waals surface area contributed by atoms with Gasteiger partial charge in [-0.1, -0.05) is 11.6 Å². The Morgan fingerprint density at radius 1 is 1.45 bits per heavy atom. The summed E-state index contributed by atoms with van der Waals surface area (Å²) in [7, 11) is 0. The maximum atomic E-state index is 12.0. The molecule has 1 aliphatic heterocycles. The van der Waals surface area contributed by atoms with E-state index in [1.54, 1.807) is 23.6 Å². The summed E-state index contributed by atoms with van der Waals surface area (Å²) in [5.74, 6) is 1.07. The Bertz CT molecular complexity index is 461. The van der Waals surface area contributed by atoms with E-state index in [9.17, 15) is 9.90 Å². The summed E-state index contributed by atoms with van der Waals surface area (Å²) in [4.78, 5) is 14.9. The van der Waals surface area contributed by atoms with E-state index in [1.165, 1.54) is 4.90 Å². The van der Waals surface area contributed by atoms with Crippen LogP contribution in [-0.2, 0) is 4.79 Å². The van der Waals surface area contributed by atoms with Gasteiger partial charge in [0, 0.05) is 29.4 Å². The lowest BCUT2D eigenvalue weighted by molar-refractivity contribution is -0.131. The topological polar surface area (TPSA) is 40.5 Å². The highest BCUT2D eigenvalue weighted by atomic mass is 35.5. The first kappa shape index (κ1) is 15.7. The number of hydrogen-bond donors (Lipinski definition) is 1. The Morgan fingerprint density at radius 2 is 2.15 bits per heavy atom. The summed E-state index contributed by atoms with van der Waals surface area (Å²) < 4.78 is 0. The number of hydrogen-bond acceptors (Lipinski definition) is 3. The van der Waals surface area contributed by atoms with Gasteiger partial charge in [0.1, 0.15) is 0 Å². The van der Waals surface area contributed by atoms with Crippen molar-refractivity contribution in [2.75, 3.05) is 18.8 Å². The zero-order chi connectivity index (χ0) is 14.6. The summed E-state index contributed by atoms with van der Waals surface area (Å²) in [6.07, 6.45) is 2.08. The number of halogens is 1. The number of amides is 1. The molecule has 1 aromatic carbocycles. The smallest absolute Gasteiger partial charge is 0.222 e. The molecule has 0 radical (unpaired) electrons. The van der Waals surface area contributed by atoms with Crippen LogP contribution in [0.1, 0.15) is 26.2 Å². The molecule has 1 saturated heterocycles. The van der Waals surface area contributed by atoms with Gasteiger partial charge in [0.05, 0.1) is 5.60 Å². The second-order valence-corrected chi connectivity index (χ2v) is 7.07. The number of carbonyl (C=O) groups excluding carboxylic acids is 1. The second-order valence-electron chi connectivity index (χ2n) is 5.47. The van der Waals surface area contributed by atoms with E-state index in [4.69, 9.17) is 11.6 Å². The minimum Gasteiger partial charge on any atom is -0.388 e. The van der Waals surface area contributed by atoms with Crippen LogP contribution in [-0.4, -0.2) is 40.4 Å². The largest absolute Gasteiger partial charge is 0.388 e. The van der Waals surface area contributed by atoms with Gasteiger partial charge >= 0.3 is 0 Å². The fraction of sp³-hybridized carbons (Fsp3) is 0.533. The van der Waals surface area contributed by atoms with Crippen LogP contribution in [0, 0.1) is 0 Å². The van der Waals surface area contributed by atoms with Crippen LogP contribution in [0.3, 0.4) is 0 Å². The normalized spacial score (nSPS) is 22.2. The lowest BCUT2D eigenvalue weighted by Gasteiger charge is -2.18. The van der Waals surface area contributed by atoms with Crippen molar-refractivity contribution in [2.45, 2.75) is 36.7 Å². The van der Waals surface area contributed by atoms with Gasteiger partial charge in [-0.15, -0.1) is 11.8 Å². The van der Waals surface area contributed by atoms with Gasteiger partial charge < -0.3 is 10.0 Å². The lowest BCUT2D eigenvalue weighted by atomic mass is 10.1. The molecular weight excluding hydrogens is 294 g/mol. The molecule has 1 atom stereocenters. The third-order valence-electron chi connectivity index (χ3n) is 3.42. The molecular formula is C15H20ClNO2S. The summed E-state index contributed by atoms with van der Waals surface area (Å²) in [5, 5.41) is 10.6. The molecule has 0 aromatic heterocycles. The Hall–Kier alpha value is -0.710. The van der Waals surface area contributed by atoms with E-state index in [2.05, 4.69) is 0 Å². The van der Waals surface area contributed by atoms with E-state index in [0.29, 0.717) is 25.9 Å². The van der Waals surface area contributed by atoms with Crippen LogP contribution in [0.4, 0.5) is 0 Å². The maximum absolute atomic E-state index is 12.0. The van der Waals surface area contributed by atoms with E-state index in [-0.39, 0.29) is 5.91 Å². The van der Waals surface area contributed by atoms with Crippen molar-refractivity contribution in [3.63, 3.8) is 0 Å². The van der Waals surface area contributed by atoms with E-state index >= 15 is 0 Å². The number of thioether (sulfide) groups is 1. The molecule has 1 fully saturated rings. The van der Waals surface area contributed by atoms with Crippen molar-refractivity contribution in [2.24, 2.45) is 0 Å². The van der Waals surface area contributed by atoms with Crippen molar-refractivity contribution in [1.82, 2.24) is 4.90 Å². The number of benzene rings is 1. The SMILES string of the molecule is CC1(O)CCN(C(=O)CCCSc2ccc(Cl)cc2)C1. The van der Waals surface area contributed by atoms with Crippen LogP contribution in [0.15, 0.2) is 29.2 Å². The predicted molar refractivity (Wildman–Crippen MR) is 83.2 cm³/mol. The zero-order valence-electron chi connectivity index (χ0n) is 11.6. The van der Waals surface area contributed by atoms with Gasteiger partial charge in [0.25, 0.3) is 0 Å². The van der Waals surface area contributed by atoms with Crippen LogP contribution < -0.4 is 0 Å². The Kier molecular flexibility index (Phi) is 5.35. The molecule has 0 spiro atoms. The van der Waals surface area contributed by atoms with Gasteiger partial charge in [-0.25, -0.2) is 0 Å². The van der Waals surface area contributed by atoms with Crippen molar-refractivity contribution < 1.29 is 9.90 Å². The average Bonchev–Trinajstić information content (AvgIpc) is 2.77. The van der Waals surface area contributed by atoms with Gasteiger partial charge in [-0.3, -0.25) is 4.79 Å². The number of nitrogens with zero attached hydrogens (tertiary/aromatic N) is 1. The highest BCUT2D eigenvalue weighted by Gasteiger charge is 2.33. The zero-order valence-corrected chi connectivity index (χ0v) is 13.2. The highest BCUT2D eigenvalue weighted by molar-refractivity contribution is 7.99. The summed E-state index contributed by atoms with van der Waals surface area (Å²) in [5.41, 5.74) is -0.701. The molecule has 1 heterocycles. The standard InChI is InChI=1S/C15H20ClNO2S/c1-15(19)8-9-17(11-15)14(18)3-2-10-20-13-6-4-12(16)5-7-13/h4-7,19H,2-3,8-11H2,1H3. The van der Waals surface area contributed by atoms with Gasteiger partial charge in [-0.2, -0.15) is 0 Å². The maximum Gasteiger partial charge on any atom is 0.222 e. The van der Waals surface area contributed by atoms with E-state index in [0.717, 1.165) is 17.2 Å². The minimum atomic E-state index is -0.701. The summed E-state index contributed by atoms with van der Waals surface area (Å²) >= 11 is 7.57. The first-order valence-electron chi connectivity index (χ1n) is 6.85. The molecule has 20 heavy (non-hydrogen) atoms. The number of rotatable bonds is 5. The van der Waals surface area contributed by atoms with Crippen LogP contribution in [0.25, 0.3) is 0 Å². The van der Waals surface area contributed by atoms with Crippen LogP contribution in [0.2, 0.25) is 5.02 Å². The number of aliphatic hydroxyl groups is 1. The quantitative estimate of drug-likeness (QED) is 0.670. The van der Waals surface area contributed by atoms with Crippen molar-refractivity contribution >= 4 is 29.3 Å². The molecule has 1 amide bonds. The minimum absolute atomic E-state index is 0.152. The second kappa shape index (κ2) is 6.83. The van der Waals surface area contributed by atoms with E-state index in [1.807, 2.05) is 24.3 Å². The van der Waals surface area contributed by atoms with Crippen molar-refractivity contribution in [3.8, 4) is 0 Å². The predicted octanol–water partition coefficient (Wildman–Crippen LogP) is 3.20. The van der Waals surface area contributed by atoms with Crippen molar-refractivity contribution in [1.29, 1.82) is 0 Å². The lowest BCUT2D eigenvalue weighted by Crippen LogP contribution is -2.33. The Labute approximate surface area is 129 Å². The third-order valence-corrected chi connectivity index (χ3v) is 4.77. The first-order valence-corrected chi connectivity index (χ1v) is 8.21. The van der Waals surface area contributed by atoms with Crippen molar-refractivity contribution in [3.05, 3.63) is 29.3 Å². The molecule has 1 aromatic rings. The summed E-state index contributed by atoms with van der Waals surface area (Å²) in [6.45, 7) is 2.93. The van der Waals surface area contributed by atoms with Crippen LogP contribution in [0.5, 0.6) is 0 Å². The molecule has 0 saturated carbocycles. The molecule has 1 N–H and O–H groups in total. The number of carbonyl (C=O) groups is 1. The molecule has 110 valence electrons. The highest BCUT2D eigenvalue weighted by Crippen LogP contribution is 2.23. The molecule has 0 bridgehead atoms. The fourth-order valence-electron chi connectivity index (χ4n) is 2.26. The van der Waals surface area contributed by atoms with Gasteiger partial charge in [0.15, 0.2) is 0 Å². The van der Waals surface area contributed by atoms with E-state index < -0.39 is 5.60 Å². The van der Waals surface area contributed by atoms with Crippen LogP contribution >= 0.6 is 23.4 Å². The molecule has 1 aliphatic rings. The number of β-amino-alcohol motifs (C(OH)–C–C–N with tert-alkyl or cyclic N) is 1. The number of likely N-dealkylation sites (tertiary alicyclic amines) is 1. The fourth-order valence-corrected chi connectivity index (χ4v) is 3.24. The van der Waals surface area contributed by atoms with Gasteiger partial charge in [-0.05, 0) is 49.8 Å². The molecule has 5 heteroatoms.